The molecule has 1 fully saturated rings. The number of rotatable bonds is 6. The van der Waals surface area contributed by atoms with Gasteiger partial charge in [-0.05, 0) is 35.9 Å². The van der Waals surface area contributed by atoms with Gasteiger partial charge in [-0.1, -0.05) is 36.7 Å². The number of sulfone groups is 1. The van der Waals surface area contributed by atoms with Crippen LogP contribution in [0.4, 0.5) is 0 Å². The predicted molar refractivity (Wildman–Crippen MR) is 115 cm³/mol. The number of halogens is 1. The van der Waals surface area contributed by atoms with Crippen molar-refractivity contribution < 1.29 is 21.6 Å². The highest BCUT2D eigenvalue weighted by Crippen LogP contribution is 2.21. The molecule has 0 atom stereocenters. The number of carbonyl (C=O) groups is 1. The lowest BCUT2D eigenvalue weighted by atomic mass is 10.1. The van der Waals surface area contributed by atoms with Crippen molar-refractivity contribution in [3.63, 3.8) is 0 Å². The summed E-state index contributed by atoms with van der Waals surface area (Å²) in [5, 5.41) is 0.528. The van der Waals surface area contributed by atoms with Gasteiger partial charge in [-0.3, -0.25) is 4.79 Å². The molecule has 3 rings (SSSR count). The van der Waals surface area contributed by atoms with E-state index >= 15 is 0 Å². The van der Waals surface area contributed by atoms with Crippen molar-refractivity contribution in [1.29, 1.82) is 0 Å². The maximum absolute atomic E-state index is 12.9. The Balaban J connectivity index is 1.65. The van der Waals surface area contributed by atoms with Crippen molar-refractivity contribution in [3.05, 3.63) is 59.1 Å². The Morgan fingerprint density at radius 1 is 0.900 bits per heavy atom. The molecule has 2 aromatic carbocycles. The zero-order chi connectivity index (χ0) is 21.9. The van der Waals surface area contributed by atoms with Crippen LogP contribution in [0.2, 0.25) is 5.02 Å². The van der Waals surface area contributed by atoms with E-state index in [2.05, 4.69) is 0 Å². The molecule has 0 saturated carbocycles. The predicted octanol–water partition coefficient (Wildman–Crippen LogP) is 2.21. The highest BCUT2D eigenvalue weighted by molar-refractivity contribution is 7.91. The van der Waals surface area contributed by atoms with E-state index < -0.39 is 19.9 Å². The standard InChI is InChI=1S/C20H23ClN2O5S2/c1-2-29(25,26)17-7-9-18(10-8-17)30(27,28)23-13-11-22(12-14-23)20(24)15-16-5-3-4-6-19(16)21/h3-10H,2,11-15H2,1H3. The SMILES string of the molecule is CCS(=O)(=O)c1ccc(S(=O)(=O)N2CCN(C(=O)Cc3ccccc3Cl)CC2)cc1. The van der Waals surface area contributed by atoms with Crippen LogP contribution in [0.1, 0.15) is 12.5 Å². The Morgan fingerprint density at radius 2 is 1.47 bits per heavy atom. The lowest BCUT2D eigenvalue weighted by molar-refractivity contribution is -0.131. The molecule has 10 heteroatoms. The zero-order valence-corrected chi connectivity index (χ0v) is 18.9. The van der Waals surface area contributed by atoms with Crippen molar-refractivity contribution in [1.82, 2.24) is 9.21 Å². The molecule has 0 radical (unpaired) electrons. The summed E-state index contributed by atoms with van der Waals surface area (Å²) in [6, 6.07) is 12.4. The van der Waals surface area contributed by atoms with E-state index in [4.69, 9.17) is 11.6 Å². The van der Waals surface area contributed by atoms with Crippen LogP contribution < -0.4 is 0 Å². The summed E-state index contributed by atoms with van der Waals surface area (Å²) in [4.78, 5) is 14.3. The minimum Gasteiger partial charge on any atom is -0.340 e. The minimum absolute atomic E-state index is 0.0356. The number of carbonyl (C=O) groups excluding carboxylic acids is 1. The molecule has 1 saturated heterocycles. The molecule has 0 aliphatic carbocycles. The number of piperazine rings is 1. The van der Waals surface area contributed by atoms with Crippen molar-refractivity contribution in [3.8, 4) is 0 Å². The lowest BCUT2D eigenvalue weighted by Gasteiger charge is -2.34. The third-order valence-electron chi connectivity index (χ3n) is 5.09. The number of nitrogens with zero attached hydrogens (tertiary/aromatic N) is 2. The summed E-state index contributed by atoms with van der Waals surface area (Å²) in [6.45, 7) is 2.44. The Hall–Kier alpha value is -1.94. The van der Waals surface area contributed by atoms with Crippen molar-refractivity contribution in [2.75, 3.05) is 31.9 Å². The van der Waals surface area contributed by atoms with E-state index in [0.29, 0.717) is 5.02 Å². The minimum atomic E-state index is -3.77. The first kappa shape index (κ1) is 22.7. The first-order chi connectivity index (χ1) is 14.1. The van der Waals surface area contributed by atoms with Crippen molar-refractivity contribution >= 4 is 37.4 Å². The Morgan fingerprint density at radius 3 is 2.03 bits per heavy atom. The topological polar surface area (TPSA) is 91.8 Å². The monoisotopic (exact) mass is 470 g/mol. The number of benzene rings is 2. The molecule has 0 spiro atoms. The first-order valence-electron chi connectivity index (χ1n) is 9.49. The summed E-state index contributed by atoms with van der Waals surface area (Å²) < 4.78 is 50.9. The molecular weight excluding hydrogens is 448 g/mol. The molecule has 1 aliphatic rings. The summed E-state index contributed by atoms with van der Waals surface area (Å²) in [6.07, 6.45) is 0.166. The number of sulfonamides is 1. The van der Waals surface area contributed by atoms with Gasteiger partial charge in [-0.2, -0.15) is 4.31 Å². The molecule has 0 bridgehead atoms. The van der Waals surface area contributed by atoms with Gasteiger partial charge in [0.15, 0.2) is 9.84 Å². The molecule has 7 nitrogen and oxygen atoms in total. The second-order valence-corrected chi connectivity index (χ2v) is 11.6. The summed E-state index contributed by atoms with van der Waals surface area (Å²) in [7, 11) is -7.16. The molecule has 1 amide bonds. The third-order valence-corrected chi connectivity index (χ3v) is 9.12. The van der Waals surface area contributed by atoms with E-state index in [-0.39, 0.29) is 54.1 Å². The zero-order valence-electron chi connectivity index (χ0n) is 16.5. The molecule has 0 unspecified atom stereocenters. The van der Waals surface area contributed by atoms with Gasteiger partial charge in [0.05, 0.1) is 22.0 Å². The highest BCUT2D eigenvalue weighted by atomic mass is 35.5. The van der Waals surface area contributed by atoms with Crippen LogP contribution in [0, 0.1) is 0 Å². The van der Waals surface area contributed by atoms with Gasteiger partial charge in [0, 0.05) is 31.2 Å². The van der Waals surface area contributed by atoms with E-state index in [1.54, 1.807) is 23.1 Å². The van der Waals surface area contributed by atoms with Gasteiger partial charge in [0.25, 0.3) is 0 Å². The highest BCUT2D eigenvalue weighted by Gasteiger charge is 2.30. The number of hydrogen-bond acceptors (Lipinski definition) is 5. The van der Waals surface area contributed by atoms with Crippen LogP contribution in [0.5, 0.6) is 0 Å². The Kier molecular flexibility index (Phi) is 6.86. The smallest absolute Gasteiger partial charge is 0.243 e. The van der Waals surface area contributed by atoms with Crippen LogP contribution in [0.15, 0.2) is 58.3 Å². The molecular formula is C20H23ClN2O5S2. The largest absolute Gasteiger partial charge is 0.340 e. The van der Waals surface area contributed by atoms with Gasteiger partial charge in [-0.25, -0.2) is 16.8 Å². The van der Waals surface area contributed by atoms with Crippen LogP contribution in [0.3, 0.4) is 0 Å². The average molecular weight is 471 g/mol. The molecule has 1 heterocycles. The summed E-state index contributed by atoms with van der Waals surface area (Å²) in [5.41, 5.74) is 0.737. The van der Waals surface area contributed by atoms with E-state index in [1.807, 2.05) is 6.07 Å². The van der Waals surface area contributed by atoms with E-state index in [1.165, 1.54) is 35.5 Å². The lowest BCUT2D eigenvalue weighted by Crippen LogP contribution is -2.50. The van der Waals surface area contributed by atoms with Crippen LogP contribution >= 0.6 is 11.6 Å². The fourth-order valence-corrected chi connectivity index (χ4v) is 5.74. The van der Waals surface area contributed by atoms with Crippen LogP contribution in [0.25, 0.3) is 0 Å². The third kappa shape index (κ3) is 4.85. The quantitative estimate of drug-likeness (QED) is 0.645. The van der Waals surface area contributed by atoms with E-state index in [9.17, 15) is 21.6 Å². The molecule has 1 aliphatic heterocycles. The molecule has 162 valence electrons. The Labute approximate surface area is 182 Å². The number of hydrogen-bond donors (Lipinski definition) is 0. The fraction of sp³-hybridized carbons (Fsp3) is 0.350. The second-order valence-electron chi connectivity index (χ2n) is 6.93. The van der Waals surface area contributed by atoms with Gasteiger partial charge in [0.1, 0.15) is 0 Å². The molecule has 30 heavy (non-hydrogen) atoms. The summed E-state index contributed by atoms with van der Waals surface area (Å²) >= 11 is 6.11. The number of amides is 1. The van der Waals surface area contributed by atoms with Gasteiger partial charge < -0.3 is 4.90 Å². The maximum atomic E-state index is 12.9. The Bertz CT molecular complexity index is 1120. The second kappa shape index (κ2) is 9.05. The maximum Gasteiger partial charge on any atom is 0.243 e. The van der Waals surface area contributed by atoms with Crippen molar-refractivity contribution in [2.45, 2.75) is 23.1 Å². The van der Waals surface area contributed by atoms with Gasteiger partial charge in [-0.15, -0.1) is 0 Å². The normalized spacial score (nSPS) is 15.9. The van der Waals surface area contributed by atoms with Crippen LogP contribution in [-0.2, 0) is 31.1 Å². The fourth-order valence-electron chi connectivity index (χ4n) is 3.23. The van der Waals surface area contributed by atoms with Gasteiger partial charge >= 0.3 is 0 Å². The van der Waals surface area contributed by atoms with Crippen LogP contribution in [-0.4, -0.2) is 63.9 Å². The molecule has 2 aromatic rings. The summed E-state index contributed by atoms with van der Waals surface area (Å²) in [5.74, 6) is -0.155. The van der Waals surface area contributed by atoms with E-state index in [0.717, 1.165) is 5.56 Å². The average Bonchev–Trinajstić information content (AvgIpc) is 2.75. The van der Waals surface area contributed by atoms with Crippen molar-refractivity contribution in [2.24, 2.45) is 0 Å². The first-order valence-corrected chi connectivity index (χ1v) is 13.0. The molecule has 0 N–H and O–H groups in total. The molecule has 0 aromatic heterocycles. The van der Waals surface area contributed by atoms with Gasteiger partial charge in [0.2, 0.25) is 15.9 Å².